The van der Waals surface area contributed by atoms with E-state index in [-0.39, 0.29) is 6.10 Å². The minimum Gasteiger partial charge on any atom is -0.497 e. The van der Waals surface area contributed by atoms with Gasteiger partial charge in [-0.3, -0.25) is 4.90 Å². The second-order valence-corrected chi connectivity index (χ2v) is 6.22. The van der Waals surface area contributed by atoms with Crippen molar-refractivity contribution in [2.45, 2.75) is 6.10 Å². The third-order valence-electron chi connectivity index (χ3n) is 3.85. The first-order chi connectivity index (χ1) is 11.7. The maximum atomic E-state index is 8.92. The van der Waals surface area contributed by atoms with E-state index >= 15 is 0 Å². The highest BCUT2D eigenvalue weighted by Crippen LogP contribution is 2.33. The van der Waals surface area contributed by atoms with Crippen LogP contribution >= 0.6 is 22.6 Å². The SMILES string of the molecule is COc1cccc(C2OCCN(C)CC(/C=C/C#N)=C2/C=C\I)c1. The molecule has 0 N–H and O–H groups in total. The summed E-state index contributed by atoms with van der Waals surface area (Å²) in [5.74, 6) is 0.808. The fourth-order valence-corrected chi connectivity index (χ4v) is 3.06. The summed E-state index contributed by atoms with van der Waals surface area (Å²) in [7, 11) is 3.72. The van der Waals surface area contributed by atoms with Gasteiger partial charge in [0.25, 0.3) is 0 Å². The monoisotopic (exact) mass is 436 g/mol. The van der Waals surface area contributed by atoms with E-state index in [0.717, 1.165) is 35.5 Å². The van der Waals surface area contributed by atoms with Crippen molar-refractivity contribution in [3.8, 4) is 11.8 Å². The highest BCUT2D eigenvalue weighted by Gasteiger charge is 2.22. The van der Waals surface area contributed by atoms with Crippen molar-refractivity contribution >= 4 is 22.6 Å². The molecule has 0 saturated heterocycles. The van der Waals surface area contributed by atoms with E-state index < -0.39 is 0 Å². The predicted molar refractivity (Wildman–Crippen MR) is 104 cm³/mol. The lowest BCUT2D eigenvalue weighted by atomic mass is 9.95. The third-order valence-corrected chi connectivity index (χ3v) is 4.21. The van der Waals surface area contributed by atoms with Crippen molar-refractivity contribution in [1.82, 2.24) is 4.90 Å². The fraction of sp³-hybridized carbons (Fsp3) is 0.316. The molecule has 126 valence electrons. The van der Waals surface area contributed by atoms with Crippen LogP contribution in [-0.2, 0) is 4.74 Å². The van der Waals surface area contributed by atoms with E-state index in [1.807, 2.05) is 34.4 Å². The van der Waals surface area contributed by atoms with E-state index in [1.165, 1.54) is 6.08 Å². The first-order valence-corrected chi connectivity index (χ1v) is 8.94. The standard InChI is InChI=1S/C19H21IN2O2/c1-22-11-12-24-19(15-5-3-7-17(13-15)23-2)18(8-9-20)16(14-22)6-4-10-21/h3-9,13,19H,11-12,14H2,1-2H3/b6-4+,9-8-,18-16-. The molecule has 1 unspecified atom stereocenters. The number of rotatable bonds is 4. The Morgan fingerprint density at radius 1 is 1.42 bits per heavy atom. The summed E-state index contributed by atoms with van der Waals surface area (Å²) >= 11 is 2.21. The van der Waals surface area contributed by atoms with E-state index in [4.69, 9.17) is 14.7 Å². The zero-order valence-corrected chi connectivity index (χ0v) is 16.1. The van der Waals surface area contributed by atoms with Gasteiger partial charge < -0.3 is 9.47 Å². The van der Waals surface area contributed by atoms with Gasteiger partial charge in [-0.2, -0.15) is 5.26 Å². The molecule has 4 nitrogen and oxygen atoms in total. The largest absolute Gasteiger partial charge is 0.497 e. The Bertz CT molecular complexity index is 689. The molecule has 1 aromatic carbocycles. The Labute approximate surface area is 157 Å². The number of allylic oxidation sites excluding steroid dienone is 1. The molecule has 2 rings (SSSR count). The van der Waals surface area contributed by atoms with Gasteiger partial charge in [-0.15, -0.1) is 0 Å². The van der Waals surface area contributed by atoms with Crippen LogP contribution in [0, 0.1) is 11.3 Å². The van der Waals surface area contributed by atoms with Gasteiger partial charge in [0.05, 0.1) is 19.8 Å². The molecular weight excluding hydrogens is 415 g/mol. The van der Waals surface area contributed by atoms with Crippen LogP contribution in [0.2, 0.25) is 0 Å². The molecule has 5 heteroatoms. The van der Waals surface area contributed by atoms with Crippen LogP contribution in [0.4, 0.5) is 0 Å². The van der Waals surface area contributed by atoms with Gasteiger partial charge in [0.1, 0.15) is 11.9 Å². The summed E-state index contributed by atoms with van der Waals surface area (Å²) in [5, 5.41) is 8.92. The summed E-state index contributed by atoms with van der Waals surface area (Å²) < 4.78 is 13.5. The van der Waals surface area contributed by atoms with Gasteiger partial charge in [0.15, 0.2) is 0 Å². The summed E-state index contributed by atoms with van der Waals surface area (Å²) in [6, 6.07) is 10.0. The van der Waals surface area contributed by atoms with Crippen LogP contribution in [0.25, 0.3) is 0 Å². The maximum Gasteiger partial charge on any atom is 0.119 e. The normalized spacial score (nSPS) is 23.2. The van der Waals surface area contributed by atoms with E-state index in [1.54, 1.807) is 7.11 Å². The maximum absolute atomic E-state index is 8.92. The first-order valence-electron chi connectivity index (χ1n) is 7.69. The Morgan fingerprint density at radius 3 is 2.96 bits per heavy atom. The molecule has 1 aliphatic heterocycles. The highest BCUT2D eigenvalue weighted by atomic mass is 127. The van der Waals surface area contributed by atoms with Gasteiger partial charge in [0.2, 0.25) is 0 Å². The summed E-state index contributed by atoms with van der Waals surface area (Å²) in [6.07, 6.45) is 5.28. The molecule has 1 heterocycles. The molecular formula is C19H21IN2O2. The molecule has 1 aromatic rings. The van der Waals surface area contributed by atoms with Crippen molar-refractivity contribution in [2.24, 2.45) is 0 Å². The lowest BCUT2D eigenvalue weighted by molar-refractivity contribution is 0.0596. The van der Waals surface area contributed by atoms with Gasteiger partial charge in [-0.1, -0.05) is 34.7 Å². The van der Waals surface area contributed by atoms with Crippen LogP contribution in [0.15, 0.2) is 57.7 Å². The van der Waals surface area contributed by atoms with Crippen LogP contribution in [0.1, 0.15) is 11.7 Å². The zero-order valence-electron chi connectivity index (χ0n) is 13.9. The smallest absolute Gasteiger partial charge is 0.119 e. The number of hydrogen-bond acceptors (Lipinski definition) is 4. The van der Waals surface area contributed by atoms with E-state index in [9.17, 15) is 0 Å². The van der Waals surface area contributed by atoms with Gasteiger partial charge in [-0.25, -0.2) is 0 Å². The molecule has 0 bridgehead atoms. The van der Waals surface area contributed by atoms with Crippen molar-refractivity contribution in [2.75, 3.05) is 33.9 Å². The van der Waals surface area contributed by atoms with Crippen LogP contribution in [-0.4, -0.2) is 38.8 Å². The Balaban J connectivity index is 2.55. The van der Waals surface area contributed by atoms with Crippen LogP contribution in [0.5, 0.6) is 5.75 Å². The van der Waals surface area contributed by atoms with Gasteiger partial charge in [-0.05, 0) is 52.1 Å². The van der Waals surface area contributed by atoms with Gasteiger partial charge in [0, 0.05) is 19.2 Å². The zero-order chi connectivity index (χ0) is 17.4. The predicted octanol–water partition coefficient (Wildman–Crippen LogP) is 4.02. The molecule has 24 heavy (non-hydrogen) atoms. The molecule has 0 fully saturated rings. The second kappa shape index (κ2) is 9.62. The number of halogens is 1. The number of likely N-dealkylation sites (N-methyl/N-ethyl adjacent to an activating group) is 1. The number of benzene rings is 1. The number of hydrogen-bond donors (Lipinski definition) is 0. The number of nitriles is 1. The van der Waals surface area contributed by atoms with E-state index in [0.29, 0.717) is 6.61 Å². The Hall–Kier alpha value is -1.62. The molecule has 0 radical (unpaired) electrons. The quantitative estimate of drug-likeness (QED) is 0.529. The second-order valence-electron chi connectivity index (χ2n) is 5.50. The van der Waals surface area contributed by atoms with Crippen LogP contribution in [0.3, 0.4) is 0 Å². The molecule has 0 amide bonds. The lowest BCUT2D eigenvalue weighted by Gasteiger charge is -2.29. The molecule has 0 aliphatic carbocycles. The van der Waals surface area contributed by atoms with E-state index in [2.05, 4.69) is 46.7 Å². The summed E-state index contributed by atoms with van der Waals surface area (Å²) in [5.41, 5.74) is 3.20. The summed E-state index contributed by atoms with van der Waals surface area (Å²) in [4.78, 5) is 2.19. The highest BCUT2D eigenvalue weighted by molar-refractivity contribution is 14.1. The van der Waals surface area contributed by atoms with Gasteiger partial charge >= 0.3 is 0 Å². The molecule has 1 aliphatic rings. The Morgan fingerprint density at radius 2 is 2.25 bits per heavy atom. The van der Waals surface area contributed by atoms with Crippen molar-refractivity contribution in [1.29, 1.82) is 5.26 Å². The topological polar surface area (TPSA) is 45.5 Å². The number of ether oxygens (including phenoxy) is 2. The first kappa shape index (κ1) is 18.7. The average Bonchev–Trinajstić information content (AvgIpc) is 2.59. The lowest BCUT2D eigenvalue weighted by Crippen LogP contribution is -2.29. The minimum atomic E-state index is -0.182. The Kier molecular flexibility index (Phi) is 7.50. The summed E-state index contributed by atoms with van der Waals surface area (Å²) in [6.45, 7) is 2.26. The van der Waals surface area contributed by atoms with Crippen molar-refractivity contribution < 1.29 is 9.47 Å². The molecule has 0 saturated carbocycles. The third kappa shape index (κ3) is 4.94. The molecule has 0 aromatic heterocycles. The van der Waals surface area contributed by atoms with Crippen LogP contribution < -0.4 is 4.74 Å². The van der Waals surface area contributed by atoms with Crippen molar-refractivity contribution in [3.63, 3.8) is 0 Å². The minimum absolute atomic E-state index is 0.182. The fourth-order valence-electron chi connectivity index (χ4n) is 2.68. The number of methoxy groups -OCH3 is 1. The number of nitrogens with zero attached hydrogens (tertiary/aromatic N) is 2. The molecule has 1 atom stereocenters. The molecule has 0 spiro atoms. The average molecular weight is 436 g/mol. The van der Waals surface area contributed by atoms with Crippen molar-refractivity contribution in [3.05, 3.63) is 63.3 Å².